The van der Waals surface area contributed by atoms with Gasteiger partial charge in [-0.3, -0.25) is 0 Å². The second kappa shape index (κ2) is 13.5. The second-order valence-corrected chi connectivity index (χ2v) is 14.6. The number of aliphatic hydroxyl groups is 1. The van der Waals surface area contributed by atoms with E-state index >= 15 is 0 Å². The van der Waals surface area contributed by atoms with Crippen LogP contribution in [0, 0.1) is 0 Å². The molecule has 0 spiro atoms. The molecular weight excluding hydrogens is 424 g/mol. The van der Waals surface area contributed by atoms with Gasteiger partial charge in [0.2, 0.25) is 0 Å². The lowest BCUT2D eigenvalue weighted by Gasteiger charge is -2.26. The van der Waals surface area contributed by atoms with E-state index in [1.165, 1.54) is 35.6 Å². The fourth-order valence-corrected chi connectivity index (χ4v) is 7.20. The first-order chi connectivity index (χ1) is 15.8. The predicted molar refractivity (Wildman–Crippen MR) is 143 cm³/mol. The number of unbranched alkanes of at least 4 members (excludes halogenated alkanes) is 4. The number of esters is 1. The lowest BCUT2D eigenvalue weighted by Crippen LogP contribution is -2.43. The Hall–Kier alpha value is -2.17. The summed E-state index contributed by atoms with van der Waals surface area (Å²) in [6.07, 6.45) is 7.91. The zero-order valence-corrected chi connectivity index (χ0v) is 22.1. The molecule has 0 radical (unpaired) electrons. The second-order valence-electron chi connectivity index (χ2n) is 9.80. The van der Waals surface area contributed by atoms with Gasteiger partial charge in [0.05, 0.1) is 8.07 Å². The first-order valence-electron chi connectivity index (χ1n) is 12.4. The number of aryl methyl sites for hydroxylation is 1. The molecule has 0 amide bonds. The summed E-state index contributed by atoms with van der Waals surface area (Å²) < 4.78 is 5.58. The molecule has 0 heterocycles. The zero-order valence-electron chi connectivity index (χ0n) is 21.1. The normalized spacial score (nSPS) is 11.4. The largest absolute Gasteiger partial charge is 0.457 e. The molecule has 0 aliphatic heterocycles. The molecule has 0 bridgehead atoms. The molecule has 1 N–H and O–H groups in total. The smallest absolute Gasteiger partial charge is 0.333 e. The maximum atomic E-state index is 12.1. The van der Waals surface area contributed by atoms with Gasteiger partial charge in [0.1, 0.15) is 6.61 Å². The number of benzene rings is 2. The Morgan fingerprint density at radius 1 is 0.970 bits per heavy atom. The van der Waals surface area contributed by atoms with E-state index in [1.54, 1.807) is 6.92 Å². The molecule has 0 aliphatic carbocycles. The van der Waals surface area contributed by atoms with Crippen molar-refractivity contribution in [1.82, 2.24) is 0 Å². The standard InChI is InChI=1S/C29H42O3Si/c1-6-7-9-12-24-13-15-25(16-14-24)26-17-18-28(33(4,5)20-11-8-10-19-30)27(21-26)22-32-29(31)23(2)3/h13-18,21,30H,2,6-12,19-20,22H2,1,3-5H3. The van der Waals surface area contributed by atoms with Crippen LogP contribution in [0.15, 0.2) is 54.6 Å². The molecule has 0 aliphatic rings. The number of ether oxygens (including phenoxy) is 1. The van der Waals surface area contributed by atoms with Crippen molar-refractivity contribution in [1.29, 1.82) is 0 Å². The molecule has 180 valence electrons. The lowest BCUT2D eigenvalue weighted by molar-refractivity contribution is -0.140. The fourth-order valence-electron chi connectivity index (χ4n) is 4.25. The zero-order chi connectivity index (χ0) is 24.3. The first-order valence-corrected chi connectivity index (χ1v) is 15.7. The summed E-state index contributed by atoms with van der Waals surface area (Å²) in [5.41, 5.74) is 5.26. The number of hydrogen-bond donors (Lipinski definition) is 1. The van der Waals surface area contributed by atoms with Crippen molar-refractivity contribution >= 4 is 19.2 Å². The Kier molecular flexibility index (Phi) is 11.1. The van der Waals surface area contributed by atoms with Crippen molar-refractivity contribution in [2.45, 2.75) is 84.5 Å². The van der Waals surface area contributed by atoms with E-state index < -0.39 is 8.07 Å². The molecule has 0 unspecified atom stereocenters. The minimum Gasteiger partial charge on any atom is -0.457 e. The average Bonchev–Trinajstić information content (AvgIpc) is 2.80. The van der Waals surface area contributed by atoms with Gasteiger partial charge in [-0.15, -0.1) is 0 Å². The third kappa shape index (κ3) is 8.60. The van der Waals surface area contributed by atoms with Gasteiger partial charge >= 0.3 is 5.97 Å². The summed E-state index contributed by atoms with van der Waals surface area (Å²) in [6.45, 7) is 12.9. The van der Waals surface area contributed by atoms with Crippen LogP contribution in [-0.2, 0) is 22.6 Å². The third-order valence-electron chi connectivity index (χ3n) is 6.36. The Balaban J connectivity index is 2.28. The molecule has 2 rings (SSSR count). The van der Waals surface area contributed by atoms with Gasteiger partial charge in [0.15, 0.2) is 0 Å². The SMILES string of the molecule is C=C(C)C(=O)OCc1cc(-c2ccc(CCCCC)cc2)ccc1[Si](C)(C)CCCCCO. The molecular formula is C29H42O3Si. The fraction of sp³-hybridized carbons (Fsp3) is 0.483. The third-order valence-corrected chi connectivity index (χ3v) is 9.91. The summed E-state index contributed by atoms with van der Waals surface area (Å²) >= 11 is 0. The van der Waals surface area contributed by atoms with Crippen LogP contribution in [0.1, 0.15) is 63.5 Å². The highest BCUT2D eigenvalue weighted by atomic mass is 28.3. The van der Waals surface area contributed by atoms with Gasteiger partial charge < -0.3 is 9.84 Å². The lowest BCUT2D eigenvalue weighted by atomic mass is 10.00. The van der Waals surface area contributed by atoms with E-state index in [2.05, 4.69) is 69.1 Å². The van der Waals surface area contributed by atoms with Crippen LogP contribution in [0.25, 0.3) is 11.1 Å². The van der Waals surface area contributed by atoms with Gasteiger partial charge in [0.25, 0.3) is 0 Å². The van der Waals surface area contributed by atoms with Gasteiger partial charge in [-0.1, -0.05) is 99.9 Å². The van der Waals surface area contributed by atoms with E-state index in [0.29, 0.717) is 5.57 Å². The van der Waals surface area contributed by atoms with Crippen LogP contribution in [0.2, 0.25) is 19.1 Å². The van der Waals surface area contributed by atoms with Crippen LogP contribution in [0.4, 0.5) is 0 Å². The molecule has 2 aromatic rings. The minimum absolute atomic E-state index is 0.260. The van der Waals surface area contributed by atoms with Crippen molar-refractivity contribution in [2.24, 2.45) is 0 Å². The summed E-state index contributed by atoms with van der Waals surface area (Å²) in [5, 5.41) is 10.4. The first kappa shape index (κ1) is 27.1. The highest BCUT2D eigenvalue weighted by Crippen LogP contribution is 2.25. The van der Waals surface area contributed by atoms with Crippen LogP contribution >= 0.6 is 0 Å². The van der Waals surface area contributed by atoms with Crippen molar-refractivity contribution in [3.8, 4) is 11.1 Å². The van der Waals surface area contributed by atoms with E-state index in [9.17, 15) is 4.79 Å². The molecule has 33 heavy (non-hydrogen) atoms. The topological polar surface area (TPSA) is 46.5 Å². The van der Waals surface area contributed by atoms with Crippen molar-refractivity contribution in [2.75, 3.05) is 6.61 Å². The number of hydrogen-bond acceptors (Lipinski definition) is 3. The summed E-state index contributed by atoms with van der Waals surface area (Å²) in [6, 6.07) is 16.7. The molecule has 3 nitrogen and oxygen atoms in total. The molecule has 0 aromatic heterocycles. The predicted octanol–water partition coefficient (Wildman–Crippen LogP) is 6.78. The monoisotopic (exact) mass is 466 g/mol. The van der Waals surface area contributed by atoms with E-state index in [1.807, 2.05) is 0 Å². The minimum atomic E-state index is -1.72. The number of rotatable bonds is 14. The van der Waals surface area contributed by atoms with E-state index in [-0.39, 0.29) is 19.2 Å². The summed E-state index contributed by atoms with van der Waals surface area (Å²) in [4.78, 5) is 12.1. The van der Waals surface area contributed by atoms with Gasteiger partial charge in [-0.05, 0) is 54.5 Å². The Labute approximate surface area is 201 Å². The van der Waals surface area contributed by atoms with Gasteiger partial charge in [-0.25, -0.2) is 4.79 Å². The molecule has 0 saturated carbocycles. The van der Waals surface area contributed by atoms with Crippen molar-refractivity contribution in [3.63, 3.8) is 0 Å². The van der Waals surface area contributed by atoms with Crippen LogP contribution < -0.4 is 5.19 Å². The van der Waals surface area contributed by atoms with E-state index in [0.717, 1.165) is 42.9 Å². The van der Waals surface area contributed by atoms with Crippen molar-refractivity contribution in [3.05, 3.63) is 65.7 Å². The average molecular weight is 467 g/mol. The highest BCUT2D eigenvalue weighted by molar-refractivity contribution is 6.90. The highest BCUT2D eigenvalue weighted by Gasteiger charge is 2.26. The quantitative estimate of drug-likeness (QED) is 0.144. The molecule has 0 saturated heterocycles. The molecule has 2 aromatic carbocycles. The van der Waals surface area contributed by atoms with Crippen molar-refractivity contribution < 1.29 is 14.6 Å². The number of carbonyl (C=O) groups is 1. The number of aliphatic hydroxyl groups excluding tert-OH is 1. The molecule has 0 fully saturated rings. The Bertz CT molecular complexity index is 900. The van der Waals surface area contributed by atoms with Crippen LogP contribution in [0.5, 0.6) is 0 Å². The Morgan fingerprint density at radius 3 is 2.30 bits per heavy atom. The maximum Gasteiger partial charge on any atom is 0.333 e. The maximum absolute atomic E-state index is 12.1. The molecule has 4 heteroatoms. The van der Waals surface area contributed by atoms with Crippen LogP contribution in [-0.4, -0.2) is 25.8 Å². The Morgan fingerprint density at radius 2 is 1.67 bits per heavy atom. The van der Waals surface area contributed by atoms with E-state index in [4.69, 9.17) is 9.84 Å². The van der Waals surface area contributed by atoms with Crippen LogP contribution in [0.3, 0.4) is 0 Å². The number of carbonyl (C=O) groups excluding carboxylic acids is 1. The molecule has 0 atom stereocenters. The summed E-state index contributed by atoms with van der Waals surface area (Å²) in [7, 11) is -1.72. The van der Waals surface area contributed by atoms with Gasteiger partial charge in [0, 0.05) is 12.2 Å². The summed E-state index contributed by atoms with van der Waals surface area (Å²) in [5.74, 6) is -0.342. The van der Waals surface area contributed by atoms with Gasteiger partial charge in [-0.2, -0.15) is 0 Å².